The molecule has 1 aromatic carbocycles. The van der Waals surface area contributed by atoms with Crippen LogP contribution in [-0.4, -0.2) is 17.6 Å². The first-order valence-electron chi connectivity index (χ1n) is 5.63. The quantitative estimate of drug-likeness (QED) is 0.857. The Morgan fingerprint density at radius 3 is 2.22 bits per heavy atom. The number of carbonyl (C=O) groups excluding carboxylic acids is 2. The molecule has 0 heterocycles. The number of ether oxygens (including phenoxy) is 1. The minimum absolute atomic E-state index is 0.621. The number of rotatable bonds is 3. The van der Waals surface area contributed by atoms with Crippen molar-refractivity contribution in [3.05, 3.63) is 35.9 Å². The molecule has 18 heavy (non-hydrogen) atoms. The number of benzene rings is 1. The summed E-state index contributed by atoms with van der Waals surface area (Å²) >= 11 is 0. The van der Waals surface area contributed by atoms with E-state index in [0.717, 1.165) is 0 Å². The van der Waals surface area contributed by atoms with Crippen molar-refractivity contribution in [1.29, 1.82) is 0 Å². The van der Waals surface area contributed by atoms with E-state index in [4.69, 9.17) is 10.5 Å². The minimum Gasteiger partial charge on any atom is -0.444 e. The lowest BCUT2D eigenvalue weighted by molar-refractivity contribution is -0.120. The molecule has 0 radical (unpaired) electrons. The molecule has 98 valence electrons. The summed E-state index contributed by atoms with van der Waals surface area (Å²) in [6, 6.07) is 7.89. The summed E-state index contributed by atoms with van der Waals surface area (Å²) in [5.74, 6) is -0.632. The Bertz CT molecular complexity index is 424. The molecule has 1 atom stereocenters. The molecule has 0 aliphatic heterocycles. The van der Waals surface area contributed by atoms with Crippen molar-refractivity contribution in [3.63, 3.8) is 0 Å². The number of nitrogens with two attached hydrogens (primary N) is 1. The fourth-order valence-electron chi connectivity index (χ4n) is 1.39. The van der Waals surface area contributed by atoms with Gasteiger partial charge in [-0.15, -0.1) is 0 Å². The van der Waals surface area contributed by atoms with Crippen LogP contribution in [0.15, 0.2) is 30.3 Å². The molecule has 0 saturated heterocycles. The normalized spacial score (nSPS) is 12.6. The van der Waals surface area contributed by atoms with Gasteiger partial charge in [-0.3, -0.25) is 4.79 Å². The van der Waals surface area contributed by atoms with Gasteiger partial charge in [0.15, 0.2) is 0 Å². The summed E-state index contributed by atoms with van der Waals surface area (Å²) in [4.78, 5) is 23.0. The summed E-state index contributed by atoms with van der Waals surface area (Å²) in [6.07, 6.45) is -0.671. The Morgan fingerprint density at radius 1 is 1.22 bits per heavy atom. The van der Waals surface area contributed by atoms with E-state index < -0.39 is 23.6 Å². The van der Waals surface area contributed by atoms with Crippen molar-refractivity contribution < 1.29 is 14.3 Å². The summed E-state index contributed by atoms with van der Waals surface area (Å²) in [6.45, 7) is 5.23. The van der Waals surface area contributed by atoms with Crippen molar-refractivity contribution in [2.75, 3.05) is 0 Å². The molecule has 5 heteroatoms. The first-order chi connectivity index (χ1) is 8.29. The highest BCUT2D eigenvalue weighted by Crippen LogP contribution is 2.13. The highest BCUT2D eigenvalue weighted by molar-refractivity contribution is 5.85. The SMILES string of the molecule is CC(C)(C)OC(=O)N[C@@H](C(N)=O)c1ccccc1. The standard InChI is InChI=1S/C13H18N2O3/c1-13(2,3)18-12(17)15-10(11(14)16)9-7-5-4-6-8-9/h4-8,10H,1-3H3,(H2,14,16)(H,15,17)/t10-/m1/s1. The van der Waals surface area contributed by atoms with Gasteiger partial charge in [0.1, 0.15) is 11.6 Å². The van der Waals surface area contributed by atoms with Gasteiger partial charge in [-0.25, -0.2) is 4.79 Å². The van der Waals surface area contributed by atoms with Crippen LogP contribution in [0.5, 0.6) is 0 Å². The van der Waals surface area contributed by atoms with E-state index in [1.165, 1.54) is 0 Å². The Balaban J connectivity index is 2.77. The molecule has 5 nitrogen and oxygen atoms in total. The van der Waals surface area contributed by atoms with Crippen LogP contribution in [0, 0.1) is 0 Å². The lowest BCUT2D eigenvalue weighted by Crippen LogP contribution is -2.40. The topological polar surface area (TPSA) is 81.4 Å². The molecule has 3 N–H and O–H groups in total. The molecule has 0 fully saturated rings. The van der Waals surface area contributed by atoms with Crippen LogP contribution in [0.3, 0.4) is 0 Å². The molecule has 0 aromatic heterocycles. The molecule has 2 amide bonds. The maximum absolute atomic E-state index is 11.6. The number of hydrogen-bond acceptors (Lipinski definition) is 3. The van der Waals surface area contributed by atoms with Gasteiger partial charge in [-0.05, 0) is 26.3 Å². The van der Waals surface area contributed by atoms with Crippen molar-refractivity contribution >= 4 is 12.0 Å². The van der Waals surface area contributed by atoms with Crippen LogP contribution >= 0.6 is 0 Å². The number of amides is 2. The third-order valence-corrected chi connectivity index (χ3v) is 2.08. The Kier molecular flexibility index (Phi) is 4.31. The summed E-state index contributed by atoms with van der Waals surface area (Å²) in [7, 11) is 0. The molecular formula is C13H18N2O3. The van der Waals surface area contributed by atoms with Crippen molar-refractivity contribution in [2.45, 2.75) is 32.4 Å². The van der Waals surface area contributed by atoms with E-state index >= 15 is 0 Å². The van der Waals surface area contributed by atoms with Crippen molar-refractivity contribution in [1.82, 2.24) is 5.32 Å². The number of hydrogen-bond donors (Lipinski definition) is 2. The molecule has 0 saturated carbocycles. The molecule has 0 bridgehead atoms. The van der Waals surface area contributed by atoms with E-state index in [1.807, 2.05) is 6.07 Å². The molecule has 0 unspecified atom stereocenters. The molecule has 0 aliphatic carbocycles. The van der Waals surface area contributed by atoms with Crippen LogP contribution in [0.1, 0.15) is 32.4 Å². The average Bonchev–Trinajstić information content (AvgIpc) is 2.24. The van der Waals surface area contributed by atoms with E-state index in [1.54, 1.807) is 45.0 Å². The summed E-state index contributed by atoms with van der Waals surface area (Å²) in [5, 5.41) is 2.45. The highest BCUT2D eigenvalue weighted by atomic mass is 16.6. The number of alkyl carbamates (subject to hydrolysis) is 1. The van der Waals surface area contributed by atoms with E-state index in [2.05, 4.69) is 5.32 Å². The third-order valence-electron chi connectivity index (χ3n) is 2.08. The first kappa shape index (κ1) is 14.0. The Labute approximate surface area is 106 Å². The second-order valence-electron chi connectivity index (χ2n) is 4.89. The summed E-state index contributed by atoms with van der Waals surface area (Å²) < 4.78 is 5.08. The predicted molar refractivity (Wildman–Crippen MR) is 67.7 cm³/mol. The van der Waals surface area contributed by atoms with Crippen LogP contribution in [-0.2, 0) is 9.53 Å². The molecule has 1 aromatic rings. The third kappa shape index (κ3) is 4.45. The predicted octanol–water partition coefficient (Wildman–Crippen LogP) is 1.74. The van der Waals surface area contributed by atoms with Gasteiger partial charge in [0, 0.05) is 0 Å². The summed E-state index contributed by atoms with van der Waals surface area (Å²) in [5.41, 5.74) is 5.27. The van der Waals surface area contributed by atoms with E-state index in [9.17, 15) is 9.59 Å². The van der Waals surface area contributed by atoms with Gasteiger partial charge < -0.3 is 15.8 Å². The van der Waals surface area contributed by atoms with Crippen LogP contribution in [0.2, 0.25) is 0 Å². The Hall–Kier alpha value is -2.04. The lowest BCUT2D eigenvalue weighted by Gasteiger charge is -2.22. The van der Waals surface area contributed by atoms with Gasteiger partial charge in [-0.2, -0.15) is 0 Å². The monoisotopic (exact) mass is 250 g/mol. The second-order valence-corrected chi connectivity index (χ2v) is 4.89. The van der Waals surface area contributed by atoms with Gasteiger partial charge in [0.05, 0.1) is 0 Å². The number of carbonyl (C=O) groups is 2. The highest BCUT2D eigenvalue weighted by Gasteiger charge is 2.23. The van der Waals surface area contributed by atoms with Crippen molar-refractivity contribution in [2.24, 2.45) is 5.73 Å². The van der Waals surface area contributed by atoms with Gasteiger partial charge in [-0.1, -0.05) is 30.3 Å². The van der Waals surface area contributed by atoms with Gasteiger partial charge >= 0.3 is 6.09 Å². The average molecular weight is 250 g/mol. The second kappa shape index (κ2) is 5.53. The molecule has 1 rings (SSSR count). The van der Waals surface area contributed by atoms with E-state index in [-0.39, 0.29) is 0 Å². The smallest absolute Gasteiger partial charge is 0.408 e. The van der Waals surface area contributed by atoms with Gasteiger partial charge in [0.25, 0.3) is 0 Å². The zero-order chi connectivity index (χ0) is 13.8. The maximum Gasteiger partial charge on any atom is 0.408 e. The van der Waals surface area contributed by atoms with Gasteiger partial charge in [0.2, 0.25) is 5.91 Å². The number of nitrogens with one attached hydrogen (secondary N) is 1. The zero-order valence-corrected chi connectivity index (χ0v) is 10.8. The van der Waals surface area contributed by atoms with E-state index in [0.29, 0.717) is 5.56 Å². The van der Waals surface area contributed by atoms with Crippen LogP contribution < -0.4 is 11.1 Å². The minimum atomic E-state index is -0.888. The van der Waals surface area contributed by atoms with Crippen LogP contribution in [0.25, 0.3) is 0 Å². The maximum atomic E-state index is 11.6. The molecular weight excluding hydrogens is 232 g/mol. The molecule has 0 spiro atoms. The molecule has 0 aliphatic rings. The first-order valence-corrected chi connectivity index (χ1v) is 5.63. The fourth-order valence-corrected chi connectivity index (χ4v) is 1.39. The number of primary amides is 1. The fraction of sp³-hybridized carbons (Fsp3) is 0.385. The zero-order valence-electron chi connectivity index (χ0n) is 10.8. The Morgan fingerprint density at radius 2 is 1.78 bits per heavy atom. The van der Waals surface area contributed by atoms with Crippen molar-refractivity contribution in [3.8, 4) is 0 Å². The largest absolute Gasteiger partial charge is 0.444 e. The lowest BCUT2D eigenvalue weighted by atomic mass is 10.1. The van der Waals surface area contributed by atoms with Crippen LogP contribution in [0.4, 0.5) is 4.79 Å².